The number of benzene rings is 2. The van der Waals surface area contributed by atoms with Crippen LogP contribution in [0.2, 0.25) is 5.02 Å². The van der Waals surface area contributed by atoms with Gasteiger partial charge in [0, 0.05) is 22.0 Å². The molecule has 0 saturated heterocycles. The van der Waals surface area contributed by atoms with Crippen molar-refractivity contribution in [1.82, 2.24) is 10.6 Å². The van der Waals surface area contributed by atoms with Gasteiger partial charge in [-0.1, -0.05) is 17.7 Å². The van der Waals surface area contributed by atoms with Gasteiger partial charge in [-0.25, -0.2) is 4.79 Å². The summed E-state index contributed by atoms with van der Waals surface area (Å²) >= 11 is 6.17. The molecule has 0 aliphatic carbocycles. The number of allylic oxidation sites excluding steroid dienone is 1. The number of carbonyl (C=O) groups excluding carboxylic acids is 2. The average molecular weight is 416 g/mol. The zero-order chi connectivity index (χ0) is 21.1. The quantitative estimate of drug-likeness (QED) is 0.690. The number of amides is 3. The zero-order valence-electron chi connectivity index (χ0n) is 16.6. The highest BCUT2D eigenvalue weighted by molar-refractivity contribution is 6.31. The van der Waals surface area contributed by atoms with E-state index in [2.05, 4.69) is 16.0 Å². The molecule has 2 aromatic carbocycles. The molecule has 0 bridgehead atoms. The molecule has 0 fully saturated rings. The SMILES string of the molecule is COc1ccc(OC)c(C2NC(=O)NC(C)=C2C(=O)Nc2cccc(Cl)c2C)c1. The standard InChI is InChI=1S/C21H22ClN3O4/c1-11-15(22)6-5-7-16(11)24-20(26)18-12(2)23-21(27)25-19(18)14-10-13(28-3)8-9-17(14)29-4/h5-10,19H,1-4H3,(H,24,26)(H2,23,25,27). The average Bonchev–Trinajstić information content (AvgIpc) is 2.70. The van der Waals surface area contributed by atoms with E-state index in [0.29, 0.717) is 39.0 Å². The third-order valence-corrected chi connectivity index (χ3v) is 5.19. The number of rotatable bonds is 5. The van der Waals surface area contributed by atoms with E-state index in [0.717, 1.165) is 5.56 Å². The van der Waals surface area contributed by atoms with Crippen LogP contribution in [-0.4, -0.2) is 26.2 Å². The molecule has 3 N–H and O–H groups in total. The molecular weight excluding hydrogens is 394 g/mol. The van der Waals surface area contributed by atoms with Crippen LogP contribution in [0.25, 0.3) is 0 Å². The van der Waals surface area contributed by atoms with Crippen molar-refractivity contribution in [2.45, 2.75) is 19.9 Å². The van der Waals surface area contributed by atoms with Gasteiger partial charge < -0.3 is 25.4 Å². The number of methoxy groups -OCH3 is 2. The van der Waals surface area contributed by atoms with Gasteiger partial charge in [0.1, 0.15) is 11.5 Å². The number of ether oxygens (including phenoxy) is 2. The molecule has 2 aromatic rings. The molecule has 29 heavy (non-hydrogen) atoms. The van der Waals surface area contributed by atoms with Crippen molar-refractivity contribution in [2.75, 3.05) is 19.5 Å². The summed E-state index contributed by atoms with van der Waals surface area (Å²) in [7, 11) is 3.07. The first-order chi connectivity index (χ1) is 13.8. The lowest BCUT2D eigenvalue weighted by atomic mass is 9.93. The van der Waals surface area contributed by atoms with Gasteiger partial charge in [0.05, 0.1) is 25.8 Å². The van der Waals surface area contributed by atoms with Crippen LogP contribution in [0.15, 0.2) is 47.7 Å². The van der Waals surface area contributed by atoms with E-state index in [4.69, 9.17) is 21.1 Å². The first-order valence-corrected chi connectivity index (χ1v) is 9.30. The highest BCUT2D eigenvalue weighted by atomic mass is 35.5. The molecule has 3 amide bonds. The molecule has 3 rings (SSSR count). The predicted octanol–water partition coefficient (Wildman–Crippen LogP) is 3.93. The molecule has 0 spiro atoms. The summed E-state index contributed by atoms with van der Waals surface area (Å²) in [5.41, 5.74) is 2.76. The maximum absolute atomic E-state index is 13.2. The highest BCUT2D eigenvalue weighted by Gasteiger charge is 2.33. The van der Waals surface area contributed by atoms with Crippen LogP contribution in [-0.2, 0) is 4.79 Å². The largest absolute Gasteiger partial charge is 0.497 e. The molecule has 152 valence electrons. The number of anilines is 1. The van der Waals surface area contributed by atoms with Gasteiger partial charge in [-0.15, -0.1) is 0 Å². The van der Waals surface area contributed by atoms with Crippen molar-refractivity contribution in [3.63, 3.8) is 0 Å². The van der Waals surface area contributed by atoms with Crippen LogP contribution in [0.4, 0.5) is 10.5 Å². The fourth-order valence-corrected chi connectivity index (χ4v) is 3.40. The van der Waals surface area contributed by atoms with Crippen molar-refractivity contribution in [3.05, 3.63) is 63.8 Å². The molecule has 1 heterocycles. The van der Waals surface area contributed by atoms with Gasteiger partial charge in [-0.2, -0.15) is 0 Å². The summed E-state index contributed by atoms with van der Waals surface area (Å²) in [4.78, 5) is 25.4. The fourth-order valence-electron chi connectivity index (χ4n) is 3.23. The Balaban J connectivity index is 2.05. The van der Waals surface area contributed by atoms with Crippen molar-refractivity contribution < 1.29 is 19.1 Å². The second kappa shape index (κ2) is 8.45. The van der Waals surface area contributed by atoms with E-state index in [9.17, 15) is 9.59 Å². The fraction of sp³-hybridized carbons (Fsp3) is 0.238. The predicted molar refractivity (Wildman–Crippen MR) is 111 cm³/mol. The molecule has 7 nitrogen and oxygen atoms in total. The Morgan fingerprint density at radius 3 is 2.59 bits per heavy atom. The summed E-state index contributed by atoms with van der Waals surface area (Å²) in [6.45, 7) is 3.50. The molecule has 1 aliphatic heterocycles. The van der Waals surface area contributed by atoms with Crippen LogP contribution in [0.5, 0.6) is 11.5 Å². The van der Waals surface area contributed by atoms with Gasteiger partial charge >= 0.3 is 6.03 Å². The van der Waals surface area contributed by atoms with Gasteiger partial charge in [-0.3, -0.25) is 4.79 Å². The summed E-state index contributed by atoms with van der Waals surface area (Å²) in [5, 5.41) is 8.90. The number of urea groups is 1. The smallest absolute Gasteiger partial charge is 0.319 e. The Labute approximate surface area is 174 Å². The summed E-state index contributed by atoms with van der Waals surface area (Å²) < 4.78 is 10.8. The Hall–Kier alpha value is -3.19. The first kappa shape index (κ1) is 20.5. The molecule has 0 radical (unpaired) electrons. The molecule has 0 saturated carbocycles. The van der Waals surface area contributed by atoms with Crippen LogP contribution >= 0.6 is 11.6 Å². The van der Waals surface area contributed by atoms with Crippen LogP contribution in [0, 0.1) is 6.92 Å². The molecule has 1 aliphatic rings. The van der Waals surface area contributed by atoms with Gasteiger partial charge in [0.2, 0.25) is 0 Å². The lowest BCUT2D eigenvalue weighted by molar-refractivity contribution is -0.113. The Morgan fingerprint density at radius 2 is 1.90 bits per heavy atom. The van der Waals surface area contributed by atoms with E-state index in [1.807, 2.05) is 6.92 Å². The minimum Gasteiger partial charge on any atom is -0.497 e. The van der Waals surface area contributed by atoms with E-state index >= 15 is 0 Å². The van der Waals surface area contributed by atoms with Crippen LogP contribution in [0.1, 0.15) is 24.1 Å². The molecule has 0 aromatic heterocycles. The van der Waals surface area contributed by atoms with E-state index in [1.165, 1.54) is 7.11 Å². The van der Waals surface area contributed by atoms with Gasteiger partial charge in [0.25, 0.3) is 5.91 Å². The third-order valence-electron chi connectivity index (χ3n) is 4.78. The number of nitrogens with one attached hydrogen (secondary N) is 3. The number of hydrogen-bond donors (Lipinski definition) is 3. The lowest BCUT2D eigenvalue weighted by Gasteiger charge is -2.30. The van der Waals surface area contributed by atoms with Gasteiger partial charge in [-0.05, 0) is 49.7 Å². The highest BCUT2D eigenvalue weighted by Crippen LogP contribution is 2.36. The zero-order valence-corrected chi connectivity index (χ0v) is 17.3. The summed E-state index contributed by atoms with van der Waals surface area (Å²) in [5.74, 6) is 0.738. The van der Waals surface area contributed by atoms with Crippen molar-refractivity contribution in [2.24, 2.45) is 0 Å². The normalized spacial score (nSPS) is 16.0. The van der Waals surface area contributed by atoms with E-state index in [-0.39, 0.29) is 5.91 Å². The maximum atomic E-state index is 13.2. The van der Waals surface area contributed by atoms with Crippen molar-refractivity contribution >= 4 is 29.2 Å². The van der Waals surface area contributed by atoms with Crippen LogP contribution < -0.4 is 25.4 Å². The number of carbonyl (C=O) groups is 2. The molecule has 1 atom stereocenters. The minimum absolute atomic E-state index is 0.357. The molecule has 8 heteroatoms. The third kappa shape index (κ3) is 4.14. The second-order valence-electron chi connectivity index (χ2n) is 6.54. The Bertz CT molecular complexity index is 1000. The maximum Gasteiger partial charge on any atom is 0.319 e. The molecule has 1 unspecified atom stereocenters. The summed E-state index contributed by atoms with van der Waals surface area (Å²) in [6.07, 6.45) is 0. The van der Waals surface area contributed by atoms with Gasteiger partial charge in [0.15, 0.2) is 0 Å². The van der Waals surface area contributed by atoms with E-state index in [1.54, 1.807) is 50.4 Å². The summed E-state index contributed by atoms with van der Waals surface area (Å²) in [6, 6.07) is 9.36. The number of hydrogen-bond acceptors (Lipinski definition) is 4. The van der Waals surface area contributed by atoms with Crippen molar-refractivity contribution in [3.8, 4) is 11.5 Å². The Morgan fingerprint density at radius 1 is 1.14 bits per heavy atom. The topological polar surface area (TPSA) is 88.7 Å². The van der Waals surface area contributed by atoms with Crippen molar-refractivity contribution in [1.29, 1.82) is 0 Å². The Kier molecular flexibility index (Phi) is 5.98. The second-order valence-corrected chi connectivity index (χ2v) is 6.95. The van der Waals surface area contributed by atoms with E-state index < -0.39 is 12.1 Å². The lowest BCUT2D eigenvalue weighted by Crippen LogP contribution is -2.46. The first-order valence-electron chi connectivity index (χ1n) is 8.92. The monoisotopic (exact) mass is 415 g/mol. The van der Waals surface area contributed by atoms with Crippen LogP contribution in [0.3, 0.4) is 0 Å². The number of halogens is 1. The molecular formula is C21H22ClN3O4. The minimum atomic E-state index is -0.728.